The van der Waals surface area contributed by atoms with Crippen molar-refractivity contribution in [1.29, 1.82) is 0 Å². The molecule has 158 valence electrons. The van der Waals surface area contributed by atoms with Crippen molar-refractivity contribution in [3.8, 4) is 11.5 Å². The van der Waals surface area contributed by atoms with Crippen molar-refractivity contribution < 1.29 is 19.1 Å². The fourth-order valence-corrected chi connectivity index (χ4v) is 3.92. The van der Waals surface area contributed by atoms with Gasteiger partial charge < -0.3 is 14.8 Å². The highest BCUT2D eigenvalue weighted by atomic mass is 16.5. The SMILES string of the molecule is COc1cccc(NC(=O)C2(c3ccc(C)cc3)CC(=O)N2c2cccc(OC)c2)c1. The van der Waals surface area contributed by atoms with E-state index < -0.39 is 5.54 Å². The second kappa shape index (κ2) is 8.14. The first-order chi connectivity index (χ1) is 15.0. The number of carbonyl (C=O) groups excluding carboxylic acids is 2. The van der Waals surface area contributed by atoms with Gasteiger partial charge in [-0.05, 0) is 36.8 Å². The van der Waals surface area contributed by atoms with Gasteiger partial charge in [0.25, 0.3) is 5.91 Å². The lowest BCUT2D eigenvalue weighted by Crippen LogP contribution is -2.67. The number of methoxy groups -OCH3 is 2. The van der Waals surface area contributed by atoms with Crippen molar-refractivity contribution in [2.75, 3.05) is 24.4 Å². The second-order valence-electron chi connectivity index (χ2n) is 7.52. The number of nitrogens with one attached hydrogen (secondary N) is 1. The Balaban J connectivity index is 1.79. The molecule has 6 nitrogen and oxygen atoms in total. The summed E-state index contributed by atoms with van der Waals surface area (Å²) in [5.41, 5.74) is 1.87. The zero-order chi connectivity index (χ0) is 22.0. The average Bonchev–Trinajstić information content (AvgIpc) is 2.78. The molecular formula is C25H24N2O4. The van der Waals surface area contributed by atoms with Crippen molar-refractivity contribution in [2.45, 2.75) is 18.9 Å². The molecule has 1 aliphatic heterocycles. The van der Waals surface area contributed by atoms with Gasteiger partial charge in [-0.25, -0.2) is 0 Å². The summed E-state index contributed by atoms with van der Waals surface area (Å²) >= 11 is 0. The van der Waals surface area contributed by atoms with Crippen LogP contribution in [0.5, 0.6) is 11.5 Å². The van der Waals surface area contributed by atoms with Crippen molar-refractivity contribution in [3.63, 3.8) is 0 Å². The van der Waals surface area contributed by atoms with E-state index in [1.165, 1.54) is 0 Å². The Morgan fingerprint density at radius 1 is 0.935 bits per heavy atom. The first kappa shape index (κ1) is 20.5. The summed E-state index contributed by atoms with van der Waals surface area (Å²) < 4.78 is 10.6. The number of rotatable bonds is 6. The van der Waals surface area contributed by atoms with Crippen LogP contribution in [0.15, 0.2) is 72.8 Å². The number of β-lactam (4-membered cyclic amide) rings is 1. The molecule has 0 aliphatic carbocycles. The maximum absolute atomic E-state index is 13.7. The zero-order valence-corrected chi connectivity index (χ0v) is 17.7. The Hall–Kier alpha value is -3.80. The van der Waals surface area contributed by atoms with Crippen molar-refractivity contribution >= 4 is 23.2 Å². The van der Waals surface area contributed by atoms with E-state index in [9.17, 15) is 9.59 Å². The molecule has 4 rings (SSSR count). The lowest BCUT2D eigenvalue weighted by atomic mass is 9.75. The van der Waals surface area contributed by atoms with E-state index in [1.807, 2.05) is 31.2 Å². The van der Waals surface area contributed by atoms with E-state index in [0.29, 0.717) is 22.9 Å². The van der Waals surface area contributed by atoms with Crippen LogP contribution in [0.4, 0.5) is 11.4 Å². The first-order valence-electron chi connectivity index (χ1n) is 9.98. The summed E-state index contributed by atoms with van der Waals surface area (Å²) in [6.07, 6.45) is 0.0725. The van der Waals surface area contributed by atoms with Crippen LogP contribution in [-0.2, 0) is 15.1 Å². The molecule has 0 saturated carbocycles. The average molecular weight is 416 g/mol. The van der Waals surface area contributed by atoms with Crippen molar-refractivity contribution in [3.05, 3.63) is 83.9 Å². The Labute approximate surface area is 181 Å². The quantitative estimate of drug-likeness (QED) is 0.609. The van der Waals surface area contributed by atoms with Crippen LogP contribution < -0.4 is 19.7 Å². The fourth-order valence-electron chi connectivity index (χ4n) is 3.92. The Morgan fingerprint density at radius 3 is 2.23 bits per heavy atom. The number of ether oxygens (including phenoxy) is 2. The smallest absolute Gasteiger partial charge is 0.255 e. The molecule has 3 aromatic carbocycles. The van der Waals surface area contributed by atoms with Gasteiger partial charge in [0.1, 0.15) is 11.5 Å². The van der Waals surface area contributed by atoms with Gasteiger partial charge in [0.05, 0.1) is 20.6 Å². The molecule has 1 saturated heterocycles. The van der Waals surface area contributed by atoms with Crippen LogP contribution in [0.3, 0.4) is 0 Å². The van der Waals surface area contributed by atoms with Gasteiger partial charge in [0, 0.05) is 23.5 Å². The standard InChI is InChI=1S/C25H24N2O4/c1-17-10-12-18(13-11-17)25(24(29)26-19-6-4-8-21(14-19)30-2)16-23(28)27(25)20-7-5-9-22(15-20)31-3/h4-15H,16H2,1-3H3,(H,26,29). The monoisotopic (exact) mass is 416 g/mol. The summed E-state index contributed by atoms with van der Waals surface area (Å²) in [5.74, 6) is 0.835. The number of hydrogen-bond acceptors (Lipinski definition) is 4. The molecule has 1 unspecified atom stereocenters. The van der Waals surface area contributed by atoms with E-state index in [4.69, 9.17) is 9.47 Å². The molecule has 1 N–H and O–H groups in total. The highest BCUT2D eigenvalue weighted by molar-refractivity contribution is 6.17. The van der Waals surface area contributed by atoms with E-state index in [1.54, 1.807) is 67.7 Å². The normalized spacial score (nSPS) is 17.6. The minimum absolute atomic E-state index is 0.0725. The molecule has 1 heterocycles. The van der Waals surface area contributed by atoms with Crippen LogP contribution in [-0.4, -0.2) is 26.0 Å². The van der Waals surface area contributed by atoms with E-state index in [0.717, 1.165) is 11.1 Å². The molecule has 0 spiro atoms. The van der Waals surface area contributed by atoms with E-state index >= 15 is 0 Å². The first-order valence-corrected chi connectivity index (χ1v) is 9.98. The molecule has 0 bridgehead atoms. The Bertz CT molecular complexity index is 1130. The summed E-state index contributed by atoms with van der Waals surface area (Å²) in [7, 11) is 3.14. The number of carbonyl (C=O) groups is 2. The topological polar surface area (TPSA) is 67.9 Å². The number of nitrogens with zero attached hydrogens (tertiary/aromatic N) is 1. The highest BCUT2D eigenvalue weighted by Crippen LogP contribution is 2.46. The predicted octanol–water partition coefficient (Wildman–Crippen LogP) is 4.28. The molecular weight excluding hydrogens is 392 g/mol. The molecule has 0 radical (unpaired) electrons. The molecule has 3 aromatic rings. The maximum Gasteiger partial charge on any atom is 0.255 e. The number of aryl methyl sites for hydroxylation is 1. The van der Waals surface area contributed by atoms with E-state index in [2.05, 4.69) is 5.32 Å². The maximum atomic E-state index is 13.7. The molecule has 31 heavy (non-hydrogen) atoms. The highest BCUT2D eigenvalue weighted by Gasteiger charge is 2.58. The summed E-state index contributed by atoms with van der Waals surface area (Å²) in [6, 6.07) is 22.0. The third-order valence-corrected chi connectivity index (χ3v) is 5.58. The van der Waals surface area contributed by atoms with Gasteiger partial charge in [0.15, 0.2) is 5.54 Å². The minimum Gasteiger partial charge on any atom is -0.497 e. The number of amides is 2. The summed E-state index contributed by atoms with van der Waals surface area (Å²) in [6.45, 7) is 1.98. The van der Waals surface area contributed by atoms with Gasteiger partial charge in [-0.1, -0.05) is 42.0 Å². The van der Waals surface area contributed by atoms with Crippen molar-refractivity contribution in [1.82, 2.24) is 0 Å². The molecule has 6 heteroatoms. The lowest BCUT2D eigenvalue weighted by Gasteiger charge is -2.50. The minimum atomic E-state index is -1.17. The lowest BCUT2D eigenvalue weighted by molar-refractivity contribution is -0.137. The molecule has 1 fully saturated rings. The van der Waals surface area contributed by atoms with Crippen LogP contribution in [0.1, 0.15) is 17.5 Å². The fraction of sp³-hybridized carbons (Fsp3) is 0.200. The van der Waals surface area contributed by atoms with Crippen molar-refractivity contribution in [2.24, 2.45) is 0 Å². The molecule has 1 aliphatic rings. The number of benzene rings is 3. The third kappa shape index (κ3) is 3.61. The molecule has 1 atom stereocenters. The third-order valence-electron chi connectivity index (χ3n) is 5.58. The van der Waals surface area contributed by atoms with Gasteiger partial charge >= 0.3 is 0 Å². The van der Waals surface area contributed by atoms with Gasteiger partial charge in [0.2, 0.25) is 5.91 Å². The van der Waals surface area contributed by atoms with Crippen LogP contribution in [0.25, 0.3) is 0 Å². The zero-order valence-electron chi connectivity index (χ0n) is 17.7. The Kier molecular flexibility index (Phi) is 5.38. The largest absolute Gasteiger partial charge is 0.497 e. The Morgan fingerprint density at radius 2 is 1.58 bits per heavy atom. The van der Waals surface area contributed by atoms with Crippen LogP contribution in [0, 0.1) is 6.92 Å². The summed E-state index contributed by atoms with van der Waals surface area (Å²) in [4.78, 5) is 28.1. The van der Waals surface area contributed by atoms with Crippen LogP contribution >= 0.6 is 0 Å². The second-order valence-corrected chi connectivity index (χ2v) is 7.52. The van der Waals surface area contributed by atoms with Gasteiger partial charge in [-0.15, -0.1) is 0 Å². The van der Waals surface area contributed by atoms with E-state index in [-0.39, 0.29) is 18.2 Å². The summed E-state index contributed by atoms with van der Waals surface area (Å²) in [5, 5.41) is 2.98. The number of anilines is 2. The molecule has 2 amide bonds. The predicted molar refractivity (Wildman–Crippen MR) is 120 cm³/mol. The van der Waals surface area contributed by atoms with Gasteiger partial charge in [-0.2, -0.15) is 0 Å². The molecule has 0 aromatic heterocycles. The van der Waals surface area contributed by atoms with Gasteiger partial charge in [-0.3, -0.25) is 14.5 Å². The number of hydrogen-bond donors (Lipinski definition) is 1. The van der Waals surface area contributed by atoms with Crippen LogP contribution in [0.2, 0.25) is 0 Å².